The molecule has 0 aliphatic carbocycles. The third kappa shape index (κ3) is 3.26. The van der Waals surface area contributed by atoms with Crippen LogP contribution in [0.15, 0.2) is 70.9 Å². The van der Waals surface area contributed by atoms with Gasteiger partial charge in [0.25, 0.3) is 11.7 Å². The molecule has 8 heteroatoms. The van der Waals surface area contributed by atoms with Crippen LogP contribution in [0.5, 0.6) is 17.2 Å². The highest BCUT2D eigenvalue weighted by molar-refractivity contribution is 6.52. The number of nitrogens with zero attached hydrogens (tertiary/aromatic N) is 1. The predicted molar refractivity (Wildman–Crippen MR) is 116 cm³/mol. The normalized spacial score (nSPS) is 17.5. The first-order chi connectivity index (χ1) is 15.5. The van der Waals surface area contributed by atoms with Gasteiger partial charge in [-0.3, -0.25) is 14.5 Å². The number of hydrogen-bond donors (Lipinski definition) is 1. The summed E-state index contributed by atoms with van der Waals surface area (Å²) >= 11 is 0. The van der Waals surface area contributed by atoms with Crippen molar-refractivity contribution in [2.24, 2.45) is 0 Å². The Bertz CT molecular complexity index is 1170. The number of rotatable bonds is 6. The Kier molecular flexibility index (Phi) is 5.59. The smallest absolute Gasteiger partial charge is 0.300 e. The van der Waals surface area contributed by atoms with Crippen LogP contribution in [0, 0.1) is 0 Å². The molecule has 8 nitrogen and oxygen atoms in total. The summed E-state index contributed by atoms with van der Waals surface area (Å²) in [6.45, 7) is 0. The van der Waals surface area contributed by atoms with Crippen molar-refractivity contribution in [3.05, 3.63) is 77.8 Å². The van der Waals surface area contributed by atoms with Crippen molar-refractivity contribution >= 4 is 23.1 Å². The van der Waals surface area contributed by atoms with E-state index in [4.69, 9.17) is 18.6 Å². The van der Waals surface area contributed by atoms with E-state index in [1.807, 2.05) is 0 Å². The standard InChI is InChI=1S/C24H21NO7/c1-29-15-9-5-4-8-14(15)25-21(18-12-7-13-32-18)20(23(27)24(25)28)22(26)19-16(30-2)10-6-11-17(19)31-3/h4-13,21,26H,1-3H3/b22-20+. The zero-order valence-electron chi connectivity index (χ0n) is 17.7. The molecular weight excluding hydrogens is 414 g/mol. The first-order valence-corrected chi connectivity index (χ1v) is 9.72. The van der Waals surface area contributed by atoms with Crippen LogP contribution in [0.1, 0.15) is 17.4 Å². The summed E-state index contributed by atoms with van der Waals surface area (Å²) in [4.78, 5) is 27.7. The predicted octanol–water partition coefficient (Wildman–Crippen LogP) is 3.93. The number of anilines is 1. The molecule has 1 amide bonds. The van der Waals surface area contributed by atoms with Gasteiger partial charge in [-0.25, -0.2) is 0 Å². The van der Waals surface area contributed by atoms with Crippen molar-refractivity contribution < 1.29 is 33.3 Å². The molecule has 1 fully saturated rings. The molecule has 1 unspecified atom stereocenters. The summed E-state index contributed by atoms with van der Waals surface area (Å²) in [7, 11) is 4.34. The molecule has 164 valence electrons. The lowest BCUT2D eigenvalue weighted by molar-refractivity contribution is -0.132. The van der Waals surface area contributed by atoms with Crippen molar-refractivity contribution in [1.82, 2.24) is 0 Å². The number of carbonyl (C=O) groups is 2. The van der Waals surface area contributed by atoms with Gasteiger partial charge in [0.1, 0.15) is 40.4 Å². The van der Waals surface area contributed by atoms with Gasteiger partial charge in [-0.05, 0) is 36.4 Å². The molecule has 1 atom stereocenters. The van der Waals surface area contributed by atoms with Crippen molar-refractivity contribution in [3.8, 4) is 17.2 Å². The second kappa shape index (κ2) is 8.50. The van der Waals surface area contributed by atoms with Crippen molar-refractivity contribution in [2.75, 3.05) is 26.2 Å². The van der Waals surface area contributed by atoms with E-state index in [0.717, 1.165) is 0 Å². The highest BCUT2D eigenvalue weighted by Crippen LogP contribution is 2.46. The van der Waals surface area contributed by atoms with E-state index < -0.39 is 23.5 Å². The number of benzene rings is 2. The van der Waals surface area contributed by atoms with Gasteiger partial charge < -0.3 is 23.7 Å². The lowest BCUT2D eigenvalue weighted by Crippen LogP contribution is -2.29. The zero-order chi connectivity index (χ0) is 22.8. The monoisotopic (exact) mass is 435 g/mol. The highest BCUT2D eigenvalue weighted by Gasteiger charge is 2.49. The van der Waals surface area contributed by atoms with Gasteiger partial charge in [0.2, 0.25) is 0 Å². The quantitative estimate of drug-likeness (QED) is 0.356. The van der Waals surface area contributed by atoms with E-state index in [-0.39, 0.29) is 22.6 Å². The van der Waals surface area contributed by atoms with Gasteiger partial charge in [0.05, 0.1) is 38.9 Å². The van der Waals surface area contributed by atoms with E-state index in [9.17, 15) is 14.7 Å². The summed E-state index contributed by atoms with van der Waals surface area (Å²) in [5.41, 5.74) is 0.371. The molecule has 4 rings (SSSR count). The second-order valence-electron chi connectivity index (χ2n) is 6.89. The van der Waals surface area contributed by atoms with Crippen LogP contribution >= 0.6 is 0 Å². The Hall–Kier alpha value is -4.20. The average molecular weight is 435 g/mol. The van der Waals surface area contributed by atoms with Gasteiger partial charge in [-0.2, -0.15) is 0 Å². The molecule has 0 bridgehead atoms. The molecule has 2 heterocycles. The van der Waals surface area contributed by atoms with Crippen LogP contribution in [-0.2, 0) is 9.59 Å². The summed E-state index contributed by atoms with van der Waals surface area (Å²) < 4.78 is 21.7. The molecule has 2 aromatic carbocycles. The molecule has 0 radical (unpaired) electrons. The first kappa shape index (κ1) is 21.0. The molecule has 0 spiro atoms. The van der Waals surface area contributed by atoms with Crippen LogP contribution in [0.4, 0.5) is 5.69 Å². The number of ether oxygens (including phenoxy) is 3. The SMILES string of the molecule is COc1ccccc1N1C(=O)C(=O)/C(=C(/O)c2c(OC)cccc2OC)C1c1ccco1. The average Bonchev–Trinajstić information content (AvgIpc) is 3.45. The third-order valence-corrected chi connectivity index (χ3v) is 5.27. The number of para-hydroxylation sites is 2. The molecule has 1 aliphatic rings. The van der Waals surface area contributed by atoms with Gasteiger partial charge in [0, 0.05) is 0 Å². The highest BCUT2D eigenvalue weighted by atomic mass is 16.5. The summed E-state index contributed by atoms with van der Waals surface area (Å²) in [5.74, 6) is -0.885. The Morgan fingerprint density at radius 3 is 2.09 bits per heavy atom. The molecule has 1 saturated heterocycles. The number of Topliss-reactive ketones (excluding diaryl/α,β-unsaturated/α-hetero) is 1. The minimum atomic E-state index is -1.03. The van der Waals surface area contributed by atoms with Crippen LogP contribution in [0.2, 0.25) is 0 Å². The number of ketones is 1. The molecule has 1 N–H and O–H groups in total. The Balaban J connectivity index is 2.01. The zero-order valence-corrected chi connectivity index (χ0v) is 17.7. The summed E-state index contributed by atoms with van der Waals surface area (Å²) in [5, 5.41) is 11.3. The maximum atomic E-state index is 13.2. The lowest BCUT2D eigenvalue weighted by Gasteiger charge is -2.25. The maximum absolute atomic E-state index is 13.2. The largest absolute Gasteiger partial charge is 0.506 e. The van der Waals surface area contributed by atoms with Crippen LogP contribution < -0.4 is 19.1 Å². The topological polar surface area (TPSA) is 98.4 Å². The second-order valence-corrected chi connectivity index (χ2v) is 6.89. The lowest BCUT2D eigenvalue weighted by atomic mass is 9.98. The molecule has 1 aliphatic heterocycles. The molecule has 3 aromatic rings. The van der Waals surface area contributed by atoms with E-state index in [1.54, 1.807) is 54.6 Å². The molecule has 1 aromatic heterocycles. The Morgan fingerprint density at radius 2 is 1.50 bits per heavy atom. The number of carbonyl (C=O) groups excluding carboxylic acids is 2. The van der Waals surface area contributed by atoms with Crippen molar-refractivity contribution in [2.45, 2.75) is 6.04 Å². The van der Waals surface area contributed by atoms with Crippen LogP contribution in [-0.4, -0.2) is 38.1 Å². The van der Waals surface area contributed by atoms with Crippen molar-refractivity contribution in [1.29, 1.82) is 0 Å². The fourth-order valence-electron chi connectivity index (χ4n) is 3.85. The van der Waals surface area contributed by atoms with Crippen molar-refractivity contribution in [3.63, 3.8) is 0 Å². The van der Waals surface area contributed by atoms with Gasteiger partial charge in [-0.15, -0.1) is 0 Å². The minimum absolute atomic E-state index is 0.154. The number of methoxy groups -OCH3 is 3. The number of amides is 1. The number of aliphatic hydroxyl groups excluding tert-OH is 1. The molecule has 0 saturated carbocycles. The molecule has 32 heavy (non-hydrogen) atoms. The maximum Gasteiger partial charge on any atom is 0.300 e. The van der Waals surface area contributed by atoms with Crippen LogP contribution in [0.25, 0.3) is 5.76 Å². The fourth-order valence-corrected chi connectivity index (χ4v) is 3.85. The van der Waals surface area contributed by atoms with Gasteiger partial charge in [0.15, 0.2) is 0 Å². The van der Waals surface area contributed by atoms with E-state index >= 15 is 0 Å². The third-order valence-electron chi connectivity index (χ3n) is 5.27. The van der Waals surface area contributed by atoms with Gasteiger partial charge in [-0.1, -0.05) is 18.2 Å². The van der Waals surface area contributed by atoms with E-state index in [1.165, 1.54) is 32.5 Å². The number of aliphatic hydroxyl groups is 1. The first-order valence-electron chi connectivity index (χ1n) is 9.72. The fraction of sp³-hybridized carbons (Fsp3) is 0.167. The summed E-state index contributed by atoms with van der Waals surface area (Å²) in [6.07, 6.45) is 1.43. The molecular formula is C24H21NO7. The van der Waals surface area contributed by atoms with E-state index in [2.05, 4.69) is 0 Å². The minimum Gasteiger partial charge on any atom is -0.506 e. The van der Waals surface area contributed by atoms with E-state index in [0.29, 0.717) is 17.2 Å². The Labute approximate surface area is 184 Å². The van der Waals surface area contributed by atoms with Gasteiger partial charge >= 0.3 is 0 Å². The van der Waals surface area contributed by atoms with Crippen LogP contribution in [0.3, 0.4) is 0 Å². The summed E-state index contributed by atoms with van der Waals surface area (Å²) in [6, 6.07) is 14.0. The number of hydrogen-bond acceptors (Lipinski definition) is 7. The Morgan fingerprint density at radius 1 is 0.875 bits per heavy atom. The number of furan rings is 1.